The number of nitrogens with zero attached hydrogens (tertiary/aromatic N) is 1. The molecule has 27 heavy (non-hydrogen) atoms. The van der Waals surface area contributed by atoms with Gasteiger partial charge in [0.05, 0.1) is 12.8 Å². The van der Waals surface area contributed by atoms with Gasteiger partial charge in [0, 0.05) is 30.2 Å². The third-order valence-electron chi connectivity index (χ3n) is 4.59. The van der Waals surface area contributed by atoms with E-state index < -0.39 is 12.6 Å². The van der Waals surface area contributed by atoms with Crippen LogP contribution in [0.5, 0.6) is 0 Å². The lowest BCUT2D eigenvalue weighted by molar-refractivity contribution is -0.145. The van der Waals surface area contributed by atoms with Gasteiger partial charge < -0.3 is 9.88 Å². The maximum absolute atomic E-state index is 12.8. The fourth-order valence-corrected chi connectivity index (χ4v) is 3.14. The third-order valence-corrected chi connectivity index (χ3v) is 4.59. The van der Waals surface area contributed by atoms with Crippen LogP contribution in [0.25, 0.3) is 10.9 Å². The van der Waals surface area contributed by atoms with E-state index in [9.17, 15) is 18.0 Å². The van der Waals surface area contributed by atoms with Gasteiger partial charge in [-0.2, -0.15) is 13.2 Å². The summed E-state index contributed by atoms with van der Waals surface area (Å²) in [5, 5.41) is 0.929. The van der Waals surface area contributed by atoms with Gasteiger partial charge in [0.1, 0.15) is 0 Å². The molecule has 3 aromatic rings. The maximum atomic E-state index is 12.8. The molecule has 1 amide bonds. The van der Waals surface area contributed by atoms with Gasteiger partial charge in [-0.15, -0.1) is 0 Å². The van der Waals surface area contributed by atoms with Gasteiger partial charge in [-0.3, -0.25) is 4.79 Å². The van der Waals surface area contributed by atoms with E-state index in [2.05, 4.69) is 4.98 Å². The fourth-order valence-electron chi connectivity index (χ4n) is 3.14. The Labute approximate surface area is 155 Å². The Morgan fingerprint density at radius 1 is 1.07 bits per heavy atom. The quantitative estimate of drug-likeness (QED) is 0.648. The predicted octanol–water partition coefficient (Wildman–Crippen LogP) is 5.00. The summed E-state index contributed by atoms with van der Waals surface area (Å²) >= 11 is 0. The first-order valence-corrected chi connectivity index (χ1v) is 8.77. The number of H-pyrrole nitrogens is 1. The number of amides is 1. The molecule has 3 rings (SSSR count). The summed E-state index contributed by atoms with van der Waals surface area (Å²) in [5.74, 6) is -0.314. The molecule has 1 N–H and O–H groups in total. The number of benzene rings is 2. The van der Waals surface area contributed by atoms with Crippen molar-refractivity contribution >= 4 is 16.8 Å². The molecular formula is C21H21F3N2O. The second kappa shape index (κ2) is 7.86. The molecule has 0 aliphatic rings. The van der Waals surface area contributed by atoms with Gasteiger partial charge in [-0.25, -0.2) is 0 Å². The minimum Gasteiger partial charge on any atom is -0.361 e. The number of aromatic nitrogens is 1. The molecule has 0 unspecified atom stereocenters. The molecule has 3 nitrogen and oxygen atoms in total. The highest BCUT2D eigenvalue weighted by molar-refractivity contribution is 5.90. The van der Waals surface area contributed by atoms with E-state index >= 15 is 0 Å². The number of carbonyl (C=O) groups excluding carboxylic acids is 1. The van der Waals surface area contributed by atoms with Crippen molar-refractivity contribution in [3.63, 3.8) is 0 Å². The monoisotopic (exact) mass is 374 g/mol. The highest BCUT2D eigenvalue weighted by Gasteiger charge is 2.29. The smallest absolute Gasteiger partial charge is 0.361 e. The van der Waals surface area contributed by atoms with E-state index in [0.29, 0.717) is 0 Å². The Morgan fingerprint density at radius 3 is 2.52 bits per heavy atom. The van der Waals surface area contributed by atoms with Gasteiger partial charge >= 0.3 is 6.18 Å². The van der Waals surface area contributed by atoms with E-state index in [1.165, 1.54) is 4.90 Å². The molecule has 2 aromatic carbocycles. The number of para-hydroxylation sites is 1. The Morgan fingerprint density at radius 2 is 1.81 bits per heavy atom. The first-order valence-electron chi connectivity index (χ1n) is 8.77. The molecule has 0 fully saturated rings. The van der Waals surface area contributed by atoms with Crippen molar-refractivity contribution < 1.29 is 18.0 Å². The minimum atomic E-state index is -4.30. The Hall–Kier alpha value is -2.76. The largest absolute Gasteiger partial charge is 0.390 e. The van der Waals surface area contributed by atoms with Crippen LogP contribution in [0.1, 0.15) is 23.1 Å². The summed E-state index contributed by atoms with van der Waals surface area (Å²) in [6, 6.07) is 14.9. The van der Waals surface area contributed by atoms with E-state index in [1.54, 1.807) is 6.20 Å². The molecule has 6 heteroatoms. The highest BCUT2D eigenvalue weighted by atomic mass is 19.4. The van der Waals surface area contributed by atoms with Gasteiger partial charge in [-0.1, -0.05) is 48.5 Å². The van der Waals surface area contributed by atoms with Crippen LogP contribution in [-0.2, 0) is 17.8 Å². The summed E-state index contributed by atoms with van der Waals surface area (Å²) in [6.45, 7) is 1.78. The van der Waals surface area contributed by atoms with Crippen LogP contribution >= 0.6 is 0 Å². The number of hydrogen-bond donors (Lipinski definition) is 1. The van der Waals surface area contributed by atoms with Crippen LogP contribution in [-0.4, -0.2) is 28.5 Å². The number of nitrogens with one attached hydrogen (secondary N) is 1. The Bertz CT molecular complexity index is 916. The second-order valence-corrected chi connectivity index (χ2v) is 6.65. The van der Waals surface area contributed by atoms with Gasteiger partial charge in [0.2, 0.25) is 5.91 Å². The zero-order valence-corrected chi connectivity index (χ0v) is 15.0. The Kier molecular flexibility index (Phi) is 5.54. The summed E-state index contributed by atoms with van der Waals surface area (Å²) in [7, 11) is 0. The van der Waals surface area contributed by atoms with Crippen molar-refractivity contribution in [1.29, 1.82) is 0 Å². The number of aromatic amines is 1. The second-order valence-electron chi connectivity index (χ2n) is 6.65. The standard InChI is InChI=1S/C21H21F3N2O/c1-15-6-5-9-18-17(13-25-20(15)18)12-19(27)26(11-10-21(22,23)24)14-16-7-3-2-4-8-16/h2-9,13,25H,10-12,14H2,1H3. The maximum Gasteiger partial charge on any atom is 0.390 e. The molecule has 1 aromatic heterocycles. The zero-order valence-electron chi connectivity index (χ0n) is 15.0. The minimum absolute atomic E-state index is 0.0636. The van der Waals surface area contributed by atoms with Crippen LogP contribution in [0, 0.1) is 6.92 Å². The van der Waals surface area contributed by atoms with E-state index in [4.69, 9.17) is 0 Å². The first kappa shape index (κ1) is 19.0. The number of aryl methyl sites for hydroxylation is 1. The van der Waals surface area contributed by atoms with E-state index in [0.717, 1.165) is 27.6 Å². The number of carbonyl (C=O) groups is 1. The van der Waals surface area contributed by atoms with Crippen LogP contribution in [0.15, 0.2) is 54.7 Å². The lowest BCUT2D eigenvalue weighted by Gasteiger charge is -2.23. The molecule has 0 radical (unpaired) electrons. The van der Waals surface area contributed by atoms with Crippen molar-refractivity contribution in [3.05, 3.63) is 71.4 Å². The van der Waals surface area contributed by atoms with E-state index in [1.807, 2.05) is 55.5 Å². The third kappa shape index (κ3) is 4.90. The van der Waals surface area contributed by atoms with Crippen molar-refractivity contribution in [2.45, 2.75) is 32.5 Å². The number of rotatable bonds is 6. The predicted molar refractivity (Wildman–Crippen MR) is 99.3 cm³/mol. The normalized spacial score (nSPS) is 11.7. The molecule has 0 aliphatic carbocycles. The van der Waals surface area contributed by atoms with Crippen molar-refractivity contribution in [1.82, 2.24) is 9.88 Å². The molecule has 1 heterocycles. The molecule has 0 aliphatic heterocycles. The molecule has 0 saturated heterocycles. The SMILES string of the molecule is Cc1cccc2c(CC(=O)N(CCC(F)(F)F)Cc3ccccc3)c[nH]c12. The van der Waals surface area contributed by atoms with E-state index in [-0.39, 0.29) is 25.4 Å². The van der Waals surface area contributed by atoms with Crippen LogP contribution in [0.2, 0.25) is 0 Å². The Balaban J connectivity index is 1.79. The fraction of sp³-hybridized carbons (Fsp3) is 0.286. The topological polar surface area (TPSA) is 36.1 Å². The molecule has 0 spiro atoms. The first-order chi connectivity index (χ1) is 12.8. The van der Waals surface area contributed by atoms with Gasteiger partial charge in [-0.05, 0) is 23.6 Å². The van der Waals surface area contributed by atoms with Gasteiger partial charge in [0.15, 0.2) is 0 Å². The molecular weight excluding hydrogens is 353 g/mol. The van der Waals surface area contributed by atoms with Crippen LogP contribution in [0.4, 0.5) is 13.2 Å². The lowest BCUT2D eigenvalue weighted by Crippen LogP contribution is -2.34. The summed E-state index contributed by atoms with van der Waals surface area (Å²) in [6.07, 6.45) is -3.49. The van der Waals surface area contributed by atoms with Crippen molar-refractivity contribution in [2.75, 3.05) is 6.54 Å². The number of alkyl halides is 3. The summed E-state index contributed by atoms with van der Waals surface area (Å²) in [4.78, 5) is 17.3. The number of fused-ring (bicyclic) bond motifs is 1. The van der Waals surface area contributed by atoms with Crippen molar-refractivity contribution in [2.24, 2.45) is 0 Å². The summed E-state index contributed by atoms with van der Waals surface area (Å²) in [5.41, 5.74) is 3.61. The average molecular weight is 374 g/mol. The number of hydrogen-bond acceptors (Lipinski definition) is 1. The lowest BCUT2D eigenvalue weighted by atomic mass is 10.1. The number of halogens is 3. The molecule has 0 bridgehead atoms. The molecule has 142 valence electrons. The zero-order chi connectivity index (χ0) is 19.4. The van der Waals surface area contributed by atoms with Crippen molar-refractivity contribution in [3.8, 4) is 0 Å². The average Bonchev–Trinajstić information content (AvgIpc) is 3.03. The van der Waals surface area contributed by atoms with Crippen LogP contribution in [0.3, 0.4) is 0 Å². The van der Waals surface area contributed by atoms with Gasteiger partial charge in [0.25, 0.3) is 0 Å². The van der Waals surface area contributed by atoms with Crippen LogP contribution < -0.4 is 0 Å². The molecule has 0 atom stereocenters. The highest BCUT2D eigenvalue weighted by Crippen LogP contribution is 2.24. The molecule has 0 saturated carbocycles. The summed E-state index contributed by atoms with van der Waals surface area (Å²) < 4.78 is 38.1.